The van der Waals surface area contributed by atoms with Crippen molar-refractivity contribution in [2.75, 3.05) is 13.2 Å². The molecular formula is C9H19NO. The Morgan fingerprint density at radius 1 is 1.55 bits per heavy atom. The predicted octanol–water partition coefficient (Wildman–Crippen LogP) is 1.54. The Kier molecular flexibility index (Phi) is 3.87. The fraction of sp³-hybridized carbons (Fsp3) is 1.00. The normalized spacial score (nSPS) is 21.3. The van der Waals surface area contributed by atoms with Gasteiger partial charge in [-0.05, 0) is 19.3 Å². The molecule has 2 heteroatoms. The third-order valence-corrected chi connectivity index (χ3v) is 2.28. The lowest BCUT2D eigenvalue weighted by molar-refractivity contribution is 0.0990. The van der Waals surface area contributed by atoms with Gasteiger partial charge in [0.15, 0.2) is 0 Å². The van der Waals surface area contributed by atoms with Crippen LogP contribution < -0.4 is 5.73 Å². The molecule has 1 rings (SSSR count). The molecule has 0 amide bonds. The third-order valence-electron chi connectivity index (χ3n) is 2.28. The van der Waals surface area contributed by atoms with Crippen molar-refractivity contribution in [3.8, 4) is 0 Å². The zero-order valence-electron chi connectivity index (χ0n) is 7.38. The lowest BCUT2D eigenvalue weighted by Crippen LogP contribution is -2.23. The van der Waals surface area contributed by atoms with Gasteiger partial charge in [-0.3, -0.25) is 0 Å². The quantitative estimate of drug-likeness (QED) is 0.614. The summed E-state index contributed by atoms with van der Waals surface area (Å²) in [5, 5.41) is 0. The first-order valence-electron chi connectivity index (χ1n) is 4.62. The minimum atomic E-state index is 0.191. The summed E-state index contributed by atoms with van der Waals surface area (Å²) < 4.78 is 5.38. The Hall–Kier alpha value is -0.0800. The fourth-order valence-electron chi connectivity index (χ4n) is 1.30. The van der Waals surface area contributed by atoms with E-state index >= 15 is 0 Å². The summed E-state index contributed by atoms with van der Waals surface area (Å²) in [6.07, 6.45) is 5.51. The Bertz CT molecular complexity index is 99.7. The van der Waals surface area contributed by atoms with Crippen LogP contribution >= 0.6 is 0 Å². The summed E-state index contributed by atoms with van der Waals surface area (Å²) in [4.78, 5) is 0. The van der Waals surface area contributed by atoms with Crippen LogP contribution in [0.15, 0.2) is 0 Å². The zero-order chi connectivity index (χ0) is 8.10. The van der Waals surface area contributed by atoms with E-state index in [2.05, 4.69) is 0 Å². The van der Waals surface area contributed by atoms with Gasteiger partial charge in [0.25, 0.3) is 0 Å². The number of hydrogen-bond acceptors (Lipinski definition) is 2. The highest BCUT2D eigenvalue weighted by Gasteiger charge is 2.16. The second-order valence-corrected chi connectivity index (χ2v) is 3.64. The van der Waals surface area contributed by atoms with Crippen molar-refractivity contribution in [3.63, 3.8) is 0 Å². The molecule has 1 aliphatic carbocycles. The highest BCUT2D eigenvalue weighted by atomic mass is 16.5. The molecule has 2 N–H and O–H groups in total. The van der Waals surface area contributed by atoms with E-state index in [0.717, 1.165) is 12.5 Å². The Labute approximate surface area is 69.1 Å². The Morgan fingerprint density at radius 2 is 2.27 bits per heavy atom. The van der Waals surface area contributed by atoms with Gasteiger partial charge in [0.05, 0.1) is 6.61 Å². The molecule has 0 heterocycles. The summed E-state index contributed by atoms with van der Waals surface area (Å²) in [6, 6.07) is 0.191. The van der Waals surface area contributed by atoms with E-state index in [1.165, 1.54) is 25.7 Å². The summed E-state index contributed by atoms with van der Waals surface area (Å²) in [7, 11) is 0. The number of ether oxygens (including phenoxy) is 1. The first-order chi connectivity index (χ1) is 5.29. The molecule has 0 aliphatic heterocycles. The van der Waals surface area contributed by atoms with E-state index in [9.17, 15) is 0 Å². The standard InChI is InChI=1S/C9H19NO/c1-8(10)7-11-6-5-9-3-2-4-9/h8-9H,2-7,10H2,1H3/t8-/m0/s1. The summed E-state index contributed by atoms with van der Waals surface area (Å²) in [6.45, 7) is 3.60. The van der Waals surface area contributed by atoms with Crippen molar-refractivity contribution in [2.45, 2.75) is 38.6 Å². The highest BCUT2D eigenvalue weighted by Crippen LogP contribution is 2.28. The van der Waals surface area contributed by atoms with Gasteiger partial charge in [-0.2, -0.15) is 0 Å². The second kappa shape index (κ2) is 4.73. The van der Waals surface area contributed by atoms with E-state index in [1.54, 1.807) is 0 Å². The molecule has 0 bridgehead atoms. The minimum Gasteiger partial charge on any atom is -0.380 e. The molecule has 0 unspecified atom stereocenters. The molecule has 1 fully saturated rings. The van der Waals surface area contributed by atoms with Crippen LogP contribution in [0.2, 0.25) is 0 Å². The number of nitrogens with two attached hydrogens (primary N) is 1. The smallest absolute Gasteiger partial charge is 0.0614 e. The molecule has 0 aromatic rings. The van der Waals surface area contributed by atoms with E-state index in [-0.39, 0.29) is 6.04 Å². The Balaban J connectivity index is 1.80. The second-order valence-electron chi connectivity index (χ2n) is 3.64. The maximum atomic E-state index is 5.53. The van der Waals surface area contributed by atoms with Crippen LogP contribution in [0.5, 0.6) is 0 Å². The van der Waals surface area contributed by atoms with Gasteiger partial charge >= 0.3 is 0 Å². The van der Waals surface area contributed by atoms with Crippen LogP contribution in [0.25, 0.3) is 0 Å². The molecule has 0 saturated heterocycles. The molecular weight excluding hydrogens is 138 g/mol. The van der Waals surface area contributed by atoms with Gasteiger partial charge in [0.2, 0.25) is 0 Å². The van der Waals surface area contributed by atoms with E-state index in [1.807, 2.05) is 6.92 Å². The van der Waals surface area contributed by atoms with E-state index in [0.29, 0.717) is 6.61 Å². The molecule has 2 nitrogen and oxygen atoms in total. The molecule has 11 heavy (non-hydrogen) atoms. The van der Waals surface area contributed by atoms with Gasteiger partial charge < -0.3 is 10.5 Å². The van der Waals surface area contributed by atoms with Crippen LogP contribution in [0.3, 0.4) is 0 Å². The van der Waals surface area contributed by atoms with Gasteiger partial charge in [-0.25, -0.2) is 0 Å². The molecule has 1 atom stereocenters. The van der Waals surface area contributed by atoms with Crippen molar-refractivity contribution in [1.82, 2.24) is 0 Å². The molecule has 0 aromatic carbocycles. The topological polar surface area (TPSA) is 35.2 Å². The number of rotatable bonds is 5. The van der Waals surface area contributed by atoms with Gasteiger partial charge in [-0.1, -0.05) is 19.3 Å². The van der Waals surface area contributed by atoms with Gasteiger partial charge in [-0.15, -0.1) is 0 Å². The van der Waals surface area contributed by atoms with Gasteiger partial charge in [0.1, 0.15) is 0 Å². The zero-order valence-corrected chi connectivity index (χ0v) is 7.38. The average molecular weight is 157 g/mol. The molecule has 0 spiro atoms. The number of hydrogen-bond donors (Lipinski definition) is 1. The minimum absolute atomic E-state index is 0.191. The summed E-state index contributed by atoms with van der Waals surface area (Å²) in [5.74, 6) is 0.961. The van der Waals surface area contributed by atoms with Crippen molar-refractivity contribution in [2.24, 2.45) is 11.7 Å². The van der Waals surface area contributed by atoms with Crippen molar-refractivity contribution < 1.29 is 4.74 Å². The van der Waals surface area contributed by atoms with Crippen molar-refractivity contribution in [3.05, 3.63) is 0 Å². The lowest BCUT2D eigenvalue weighted by atomic mass is 9.83. The average Bonchev–Trinajstić information content (AvgIpc) is 1.82. The van der Waals surface area contributed by atoms with Crippen LogP contribution in [-0.4, -0.2) is 19.3 Å². The Morgan fingerprint density at radius 3 is 2.73 bits per heavy atom. The first kappa shape index (κ1) is 9.01. The van der Waals surface area contributed by atoms with Crippen LogP contribution in [0.1, 0.15) is 32.6 Å². The van der Waals surface area contributed by atoms with Gasteiger partial charge in [0, 0.05) is 12.6 Å². The lowest BCUT2D eigenvalue weighted by Gasteiger charge is -2.25. The molecule has 1 aliphatic rings. The largest absolute Gasteiger partial charge is 0.380 e. The third kappa shape index (κ3) is 3.73. The SMILES string of the molecule is C[C@H](N)COCCC1CCC1. The summed E-state index contributed by atoms with van der Waals surface area (Å²) >= 11 is 0. The van der Waals surface area contributed by atoms with E-state index in [4.69, 9.17) is 10.5 Å². The molecule has 0 radical (unpaired) electrons. The monoisotopic (exact) mass is 157 g/mol. The highest BCUT2D eigenvalue weighted by molar-refractivity contribution is 4.68. The summed E-state index contributed by atoms with van der Waals surface area (Å²) in [5.41, 5.74) is 5.53. The van der Waals surface area contributed by atoms with Crippen molar-refractivity contribution in [1.29, 1.82) is 0 Å². The van der Waals surface area contributed by atoms with Crippen LogP contribution in [0, 0.1) is 5.92 Å². The maximum absolute atomic E-state index is 5.53. The fourth-order valence-corrected chi connectivity index (χ4v) is 1.30. The predicted molar refractivity (Wildman–Crippen MR) is 46.4 cm³/mol. The van der Waals surface area contributed by atoms with Crippen molar-refractivity contribution >= 4 is 0 Å². The van der Waals surface area contributed by atoms with E-state index < -0.39 is 0 Å². The molecule has 0 aromatic heterocycles. The molecule has 66 valence electrons. The maximum Gasteiger partial charge on any atom is 0.0614 e. The van der Waals surface area contributed by atoms with Crippen LogP contribution in [-0.2, 0) is 4.74 Å². The first-order valence-corrected chi connectivity index (χ1v) is 4.62. The van der Waals surface area contributed by atoms with Crippen LogP contribution in [0.4, 0.5) is 0 Å². The molecule has 1 saturated carbocycles.